The fourth-order valence-electron chi connectivity index (χ4n) is 6.43. The number of rotatable bonds is 6. The molecule has 43 heavy (non-hydrogen) atoms. The Kier molecular flexibility index (Phi) is 9.13. The predicted molar refractivity (Wildman–Crippen MR) is 162 cm³/mol. The Hall–Kier alpha value is -3.43. The smallest absolute Gasteiger partial charge is 0.254 e. The number of nitrogens with zero attached hydrogens (tertiary/aromatic N) is 4. The maximum atomic E-state index is 14.9. The Morgan fingerprint density at radius 3 is 2.33 bits per heavy atom. The van der Waals surface area contributed by atoms with E-state index < -0.39 is 17.6 Å². The molecule has 3 heterocycles. The van der Waals surface area contributed by atoms with Crippen LogP contribution < -0.4 is 5.32 Å². The molecule has 2 aliphatic rings. The van der Waals surface area contributed by atoms with Crippen LogP contribution in [0.1, 0.15) is 85.5 Å². The van der Waals surface area contributed by atoms with E-state index in [2.05, 4.69) is 41.0 Å². The van der Waals surface area contributed by atoms with Crippen LogP contribution in [0.2, 0.25) is 5.02 Å². The molecule has 10 heteroatoms. The summed E-state index contributed by atoms with van der Waals surface area (Å²) in [6.07, 6.45) is 5.82. The highest BCUT2D eigenvalue weighted by Crippen LogP contribution is 2.40. The van der Waals surface area contributed by atoms with Crippen molar-refractivity contribution in [2.24, 2.45) is 5.92 Å². The second-order valence-electron chi connectivity index (χ2n) is 12.6. The number of likely N-dealkylation sites (tertiary alicyclic amines) is 2. The second-order valence-corrected chi connectivity index (χ2v) is 13.1. The third-order valence-corrected chi connectivity index (χ3v) is 9.11. The van der Waals surface area contributed by atoms with Crippen LogP contribution in [-0.4, -0.2) is 63.3 Å². The molecule has 1 N–H and O–H groups in total. The van der Waals surface area contributed by atoms with Gasteiger partial charge in [-0.2, -0.15) is 0 Å². The largest absolute Gasteiger partial charge is 0.345 e. The molecule has 1 aromatic heterocycles. The van der Waals surface area contributed by atoms with Crippen LogP contribution in [0.25, 0.3) is 0 Å². The van der Waals surface area contributed by atoms with Crippen LogP contribution in [-0.2, 0) is 4.79 Å². The van der Waals surface area contributed by atoms with Crippen molar-refractivity contribution >= 4 is 23.4 Å². The van der Waals surface area contributed by atoms with Crippen molar-refractivity contribution in [2.45, 2.75) is 64.0 Å². The van der Waals surface area contributed by atoms with Gasteiger partial charge in [-0.15, -0.1) is 0 Å². The van der Waals surface area contributed by atoms with E-state index in [4.69, 9.17) is 11.6 Å². The van der Waals surface area contributed by atoms with Crippen LogP contribution in [0.3, 0.4) is 0 Å². The second kappa shape index (κ2) is 12.7. The number of hydrogen-bond donors (Lipinski definition) is 1. The first-order valence-corrected chi connectivity index (χ1v) is 15.1. The lowest BCUT2D eigenvalue weighted by Gasteiger charge is -2.36. The Bertz CT molecular complexity index is 1470. The van der Waals surface area contributed by atoms with E-state index in [-0.39, 0.29) is 35.2 Å². The number of benzene rings is 2. The minimum Gasteiger partial charge on any atom is -0.345 e. The summed E-state index contributed by atoms with van der Waals surface area (Å²) in [5.74, 6) is -2.08. The Balaban J connectivity index is 1.30. The first-order chi connectivity index (χ1) is 20.4. The molecule has 2 aliphatic heterocycles. The summed E-state index contributed by atoms with van der Waals surface area (Å²) in [5, 5.41) is 3.61. The van der Waals surface area contributed by atoms with Crippen molar-refractivity contribution in [3.05, 3.63) is 94.0 Å². The van der Waals surface area contributed by atoms with E-state index in [1.807, 2.05) is 30.0 Å². The molecule has 0 aliphatic carbocycles. The predicted octanol–water partition coefficient (Wildman–Crippen LogP) is 6.12. The fraction of sp³-hybridized carbons (Fsp3) is 0.455. The molecule has 2 fully saturated rings. The van der Waals surface area contributed by atoms with E-state index in [0.29, 0.717) is 42.3 Å². The van der Waals surface area contributed by atoms with Crippen molar-refractivity contribution < 1.29 is 18.4 Å². The topological polar surface area (TPSA) is 78.4 Å². The van der Waals surface area contributed by atoms with Crippen molar-refractivity contribution in [3.8, 4) is 0 Å². The van der Waals surface area contributed by atoms with Gasteiger partial charge in [0, 0.05) is 61.1 Å². The van der Waals surface area contributed by atoms with Gasteiger partial charge in [-0.3, -0.25) is 14.5 Å². The third kappa shape index (κ3) is 6.88. The molecule has 2 saturated heterocycles. The summed E-state index contributed by atoms with van der Waals surface area (Å²) in [6.45, 7) is 10.4. The molecule has 7 nitrogen and oxygen atoms in total. The average Bonchev–Trinajstić information content (AvgIpc) is 3.43. The minimum absolute atomic E-state index is 0.0148. The van der Waals surface area contributed by atoms with E-state index in [9.17, 15) is 18.4 Å². The summed E-state index contributed by atoms with van der Waals surface area (Å²) < 4.78 is 28.6. The summed E-state index contributed by atoms with van der Waals surface area (Å²) in [5.41, 5.74) is 2.61. The van der Waals surface area contributed by atoms with Gasteiger partial charge in [-0.25, -0.2) is 18.7 Å². The maximum absolute atomic E-state index is 14.9. The molecule has 0 bridgehead atoms. The fourth-order valence-corrected chi connectivity index (χ4v) is 6.61. The highest BCUT2D eigenvalue weighted by atomic mass is 35.5. The summed E-state index contributed by atoms with van der Waals surface area (Å²) in [4.78, 5) is 38.7. The van der Waals surface area contributed by atoms with Crippen molar-refractivity contribution in [3.63, 3.8) is 0 Å². The zero-order chi connectivity index (χ0) is 30.9. The number of halogens is 3. The molecule has 0 unspecified atom stereocenters. The normalized spacial score (nSPS) is 20.7. The monoisotopic (exact) mass is 609 g/mol. The Morgan fingerprint density at radius 2 is 1.67 bits per heavy atom. The van der Waals surface area contributed by atoms with E-state index >= 15 is 0 Å². The molecule has 5 rings (SSSR count). The number of carbonyl (C=O) groups is 2. The molecule has 3 atom stereocenters. The molecule has 228 valence electrons. The first-order valence-electron chi connectivity index (χ1n) is 14.8. The Labute approximate surface area is 256 Å². The number of piperidine rings is 1. The quantitative estimate of drug-likeness (QED) is 0.364. The van der Waals surface area contributed by atoms with E-state index in [0.717, 1.165) is 30.0 Å². The zero-order valence-corrected chi connectivity index (χ0v) is 25.7. The molecule has 0 radical (unpaired) electrons. The minimum atomic E-state index is -0.624. The lowest BCUT2D eigenvalue weighted by Crippen LogP contribution is -2.44. The average molecular weight is 610 g/mol. The highest BCUT2D eigenvalue weighted by molar-refractivity contribution is 6.30. The van der Waals surface area contributed by atoms with Gasteiger partial charge in [0.1, 0.15) is 18.0 Å². The number of hydrogen-bond acceptors (Lipinski definition) is 5. The van der Waals surface area contributed by atoms with Gasteiger partial charge < -0.3 is 10.2 Å². The van der Waals surface area contributed by atoms with Crippen molar-refractivity contribution in [1.82, 2.24) is 25.1 Å². The van der Waals surface area contributed by atoms with Crippen LogP contribution in [0, 0.1) is 17.6 Å². The van der Waals surface area contributed by atoms with Gasteiger partial charge in [0.15, 0.2) is 0 Å². The van der Waals surface area contributed by atoms with Crippen molar-refractivity contribution in [2.75, 3.05) is 26.2 Å². The number of aromatic nitrogens is 2. The molecule has 2 aromatic carbocycles. The lowest BCUT2D eigenvalue weighted by atomic mass is 9.83. The number of amides is 2. The van der Waals surface area contributed by atoms with Gasteiger partial charge in [0.2, 0.25) is 5.91 Å². The molecule has 2 amide bonds. The van der Waals surface area contributed by atoms with Crippen LogP contribution >= 0.6 is 11.6 Å². The maximum Gasteiger partial charge on any atom is 0.254 e. The summed E-state index contributed by atoms with van der Waals surface area (Å²) in [6, 6.07) is 9.12. The van der Waals surface area contributed by atoms with E-state index in [1.165, 1.54) is 30.9 Å². The van der Waals surface area contributed by atoms with E-state index in [1.54, 1.807) is 0 Å². The van der Waals surface area contributed by atoms with Crippen LogP contribution in [0.4, 0.5) is 8.78 Å². The molecular formula is C33H38ClF2N5O2. The van der Waals surface area contributed by atoms with Gasteiger partial charge in [-0.05, 0) is 81.3 Å². The van der Waals surface area contributed by atoms with Gasteiger partial charge in [-0.1, -0.05) is 23.7 Å². The molecule has 3 aromatic rings. The van der Waals surface area contributed by atoms with Crippen molar-refractivity contribution in [1.29, 1.82) is 0 Å². The molecular weight excluding hydrogens is 572 g/mol. The molecule has 0 spiro atoms. The van der Waals surface area contributed by atoms with Gasteiger partial charge in [0.25, 0.3) is 5.91 Å². The highest BCUT2D eigenvalue weighted by Gasteiger charge is 2.44. The summed E-state index contributed by atoms with van der Waals surface area (Å²) in [7, 11) is 0. The lowest BCUT2D eigenvalue weighted by molar-refractivity contribution is -0.136. The van der Waals surface area contributed by atoms with Gasteiger partial charge in [0.05, 0.1) is 17.5 Å². The number of nitrogens with one attached hydrogen (secondary N) is 1. The Morgan fingerprint density at radius 1 is 1.00 bits per heavy atom. The summed E-state index contributed by atoms with van der Waals surface area (Å²) >= 11 is 6.38. The van der Waals surface area contributed by atoms with Gasteiger partial charge >= 0.3 is 0 Å². The SMILES string of the molecule is C[C@H](NC(=O)c1cncnc1)c1cc(Cl)ccc1C1CCN(C(=O)[C@@H]2CN(C(C)(C)C)C[C@H]2c2ccc(F)cc2F)CC1. The first kappa shape index (κ1) is 31.0. The standard InChI is InChI=1S/C33H38ClF2N5O2/c1-20(39-31(42)22-15-37-19-38-16-22)27-13-23(34)5-7-25(27)21-9-11-40(12-10-21)32(43)29-18-41(33(2,3)4)17-28(29)26-8-6-24(35)14-30(26)36/h5-8,13-16,19-21,28-29H,9-12,17-18H2,1-4H3,(H,39,42)/t20-,28-,29+/m0/s1. The zero-order valence-electron chi connectivity index (χ0n) is 25.0. The molecule has 0 saturated carbocycles. The number of carbonyl (C=O) groups excluding carboxylic acids is 2. The van der Waals surface area contributed by atoms with Crippen LogP contribution in [0.15, 0.2) is 55.1 Å². The third-order valence-electron chi connectivity index (χ3n) is 8.88. The van der Waals surface area contributed by atoms with Crippen LogP contribution in [0.5, 0.6) is 0 Å².